The lowest BCUT2D eigenvalue weighted by Gasteiger charge is -1.83. The summed E-state index contributed by atoms with van der Waals surface area (Å²) in [7, 11) is 0. The second-order valence-corrected chi connectivity index (χ2v) is 4.24. The molecule has 84 valence electrons. The van der Waals surface area contributed by atoms with E-state index in [-0.39, 0.29) is 5.69 Å². The summed E-state index contributed by atoms with van der Waals surface area (Å²) in [5, 5.41) is 0. The number of aromatic amines is 1. The highest BCUT2D eigenvalue weighted by Crippen LogP contribution is 2.02. The van der Waals surface area contributed by atoms with Gasteiger partial charge in [-0.15, -0.1) is 0 Å². The van der Waals surface area contributed by atoms with Crippen LogP contribution in [0.3, 0.4) is 0 Å². The molecule has 0 aliphatic carbocycles. The monoisotopic (exact) mass is 349 g/mol. The van der Waals surface area contributed by atoms with Crippen LogP contribution in [0.15, 0.2) is 38.5 Å². The molecule has 0 spiro atoms. The molecular formula is C8H5Br2FN4O. The highest BCUT2D eigenvalue weighted by molar-refractivity contribution is 9.10. The second-order valence-electron chi connectivity index (χ2n) is 2.41. The fraction of sp³-hybridized carbons (Fsp3) is 0. The first kappa shape index (κ1) is 12.9. The Labute approximate surface area is 106 Å². The molecule has 0 unspecified atom stereocenters. The van der Waals surface area contributed by atoms with Crippen LogP contribution in [0.4, 0.5) is 4.39 Å². The topological polar surface area (TPSA) is 71.5 Å². The number of nitrogens with one attached hydrogen (secondary N) is 1. The minimum absolute atomic E-state index is 0.326. The van der Waals surface area contributed by atoms with Crippen LogP contribution in [0.1, 0.15) is 0 Å². The molecule has 2 heterocycles. The van der Waals surface area contributed by atoms with Crippen LogP contribution in [-0.2, 0) is 0 Å². The summed E-state index contributed by atoms with van der Waals surface area (Å²) in [4.78, 5) is 22.5. The number of halogens is 3. The van der Waals surface area contributed by atoms with Crippen molar-refractivity contribution in [2.75, 3.05) is 0 Å². The van der Waals surface area contributed by atoms with E-state index in [1.165, 1.54) is 24.8 Å². The number of nitrogens with zero attached hydrogens (tertiary/aromatic N) is 3. The average Bonchev–Trinajstić information content (AvgIpc) is 2.28. The third-order valence-corrected chi connectivity index (χ3v) is 2.07. The molecule has 0 saturated carbocycles. The quantitative estimate of drug-likeness (QED) is 0.737. The Hall–Kier alpha value is -1.15. The van der Waals surface area contributed by atoms with Gasteiger partial charge in [-0.25, -0.2) is 19.7 Å². The summed E-state index contributed by atoms with van der Waals surface area (Å²) in [5.74, 6) is 0. The molecule has 0 fully saturated rings. The molecule has 0 radical (unpaired) electrons. The third kappa shape index (κ3) is 5.08. The van der Waals surface area contributed by atoms with Crippen LogP contribution < -0.4 is 5.69 Å². The van der Waals surface area contributed by atoms with E-state index in [9.17, 15) is 9.18 Å². The van der Waals surface area contributed by atoms with Gasteiger partial charge in [0.15, 0.2) is 0 Å². The minimum Gasteiger partial charge on any atom is -0.312 e. The summed E-state index contributed by atoms with van der Waals surface area (Å²) < 4.78 is 13.3. The van der Waals surface area contributed by atoms with Crippen molar-refractivity contribution in [1.82, 2.24) is 19.9 Å². The van der Waals surface area contributed by atoms with Crippen molar-refractivity contribution in [2.24, 2.45) is 0 Å². The van der Waals surface area contributed by atoms with Crippen molar-refractivity contribution in [2.45, 2.75) is 0 Å². The van der Waals surface area contributed by atoms with Gasteiger partial charge in [0.25, 0.3) is 0 Å². The molecule has 1 N–H and O–H groups in total. The number of hydrogen-bond acceptors (Lipinski definition) is 4. The van der Waals surface area contributed by atoms with E-state index >= 15 is 0 Å². The standard InChI is InChI=1S/C4H2BrFN2.C4H3BrN2O/c5-3-1-7-4(6)8-2-3;5-3-1-6-4(8)7-2-3/h1-2H;1-2H,(H,6,7,8)/i6-1;. The van der Waals surface area contributed by atoms with Crippen molar-refractivity contribution in [3.8, 4) is 0 Å². The predicted octanol–water partition coefficient (Wildman–Crippen LogP) is 1.91. The van der Waals surface area contributed by atoms with Crippen LogP contribution in [0.2, 0.25) is 0 Å². The van der Waals surface area contributed by atoms with Gasteiger partial charge in [-0.2, -0.15) is 4.39 Å². The maximum Gasteiger partial charge on any atom is 0.344 e. The molecule has 2 aromatic heterocycles. The Morgan fingerprint density at radius 2 is 1.62 bits per heavy atom. The molecule has 0 aliphatic heterocycles. The molecule has 0 aromatic carbocycles. The smallest absolute Gasteiger partial charge is 0.312 e. The summed E-state index contributed by atoms with van der Waals surface area (Å²) in [5.41, 5.74) is -0.326. The van der Waals surface area contributed by atoms with Gasteiger partial charge in [0.2, 0.25) is 0 Å². The molecule has 0 bridgehead atoms. The maximum atomic E-state index is 11.8. The molecule has 16 heavy (non-hydrogen) atoms. The molecule has 0 atom stereocenters. The fourth-order valence-corrected chi connectivity index (χ4v) is 1.04. The normalized spacial score (nSPS) is 9.19. The molecule has 5 nitrogen and oxygen atoms in total. The van der Waals surface area contributed by atoms with E-state index in [2.05, 4.69) is 51.8 Å². The van der Waals surface area contributed by atoms with Crippen molar-refractivity contribution < 1.29 is 4.39 Å². The van der Waals surface area contributed by atoms with Gasteiger partial charge >= 0.3 is 11.8 Å². The van der Waals surface area contributed by atoms with Gasteiger partial charge < -0.3 is 4.98 Å². The summed E-state index contributed by atoms with van der Waals surface area (Å²) in [6.07, 6.45) is 4.98. The number of H-pyrrole nitrogens is 1. The maximum absolute atomic E-state index is 11.8. The lowest BCUT2D eigenvalue weighted by atomic mass is 10.7. The molecule has 0 aliphatic rings. The second kappa shape index (κ2) is 6.44. The van der Waals surface area contributed by atoms with Crippen LogP contribution in [0.25, 0.3) is 0 Å². The number of hydrogen-bond donors (Lipinski definition) is 1. The highest BCUT2D eigenvalue weighted by atomic mass is 79.9. The van der Waals surface area contributed by atoms with E-state index in [4.69, 9.17) is 0 Å². The third-order valence-electron chi connectivity index (χ3n) is 1.23. The van der Waals surface area contributed by atoms with Gasteiger partial charge in [-0.1, -0.05) is 0 Å². The number of rotatable bonds is 0. The van der Waals surface area contributed by atoms with Gasteiger partial charge in [0.1, 0.15) is 0 Å². The van der Waals surface area contributed by atoms with Crippen LogP contribution in [-0.4, -0.2) is 19.9 Å². The van der Waals surface area contributed by atoms with Crippen molar-refractivity contribution in [3.05, 3.63) is 50.3 Å². The Bertz CT molecular complexity index is 461. The summed E-state index contributed by atoms with van der Waals surface area (Å²) in [6.45, 7) is 0. The first-order chi connectivity index (χ1) is 7.58. The predicted molar refractivity (Wildman–Crippen MR) is 62.2 cm³/mol. The summed E-state index contributed by atoms with van der Waals surface area (Å²) >= 11 is 6.17. The van der Waals surface area contributed by atoms with Crippen molar-refractivity contribution in [3.63, 3.8) is 0 Å². The van der Waals surface area contributed by atoms with Gasteiger partial charge in [-0.05, 0) is 31.9 Å². The van der Waals surface area contributed by atoms with Crippen molar-refractivity contribution in [1.29, 1.82) is 0 Å². The van der Waals surface area contributed by atoms with Crippen LogP contribution in [0, 0.1) is 6.08 Å². The van der Waals surface area contributed by atoms with Gasteiger partial charge in [-0.3, -0.25) is 0 Å². The molecule has 2 rings (SSSR count). The SMILES string of the molecule is O=c1ncc(Br)c[nH]1.[18F]c1ncc(Br)cn1. The fourth-order valence-electron chi connectivity index (χ4n) is 0.622. The Kier molecular flexibility index (Phi) is 5.20. The zero-order valence-corrected chi connectivity index (χ0v) is 10.9. The zero-order chi connectivity index (χ0) is 12.0. The highest BCUT2D eigenvalue weighted by Gasteiger charge is 1.88. The lowest BCUT2D eigenvalue weighted by Crippen LogP contribution is -2.06. The van der Waals surface area contributed by atoms with E-state index < -0.39 is 6.08 Å². The average molecular weight is 351 g/mol. The van der Waals surface area contributed by atoms with Crippen LogP contribution in [0.5, 0.6) is 0 Å². The zero-order valence-electron chi connectivity index (χ0n) is 7.69. The minimum atomic E-state index is -0.701. The molecule has 0 amide bonds. The molecule has 8 heteroatoms. The molecule has 2 aromatic rings. The first-order valence-corrected chi connectivity index (χ1v) is 5.50. The van der Waals surface area contributed by atoms with E-state index in [1.54, 1.807) is 0 Å². The molecular weight excluding hydrogens is 346 g/mol. The van der Waals surface area contributed by atoms with Gasteiger partial charge in [0.05, 0.1) is 8.95 Å². The van der Waals surface area contributed by atoms with Crippen molar-refractivity contribution >= 4 is 31.9 Å². The van der Waals surface area contributed by atoms with Crippen LogP contribution >= 0.6 is 31.9 Å². The lowest BCUT2D eigenvalue weighted by molar-refractivity contribution is 0.537. The molecule has 0 saturated heterocycles. The first-order valence-electron chi connectivity index (χ1n) is 3.91. The summed E-state index contributed by atoms with van der Waals surface area (Å²) in [6, 6.07) is 0. The van der Waals surface area contributed by atoms with E-state index in [1.807, 2.05) is 0 Å². The Morgan fingerprint density at radius 3 is 2.00 bits per heavy atom. The van der Waals surface area contributed by atoms with E-state index in [0.717, 1.165) is 4.47 Å². The van der Waals surface area contributed by atoms with E-state index in [0.29, 0.717) is 4.47 Å². The Balaban J connectivity index is 0.000000160. The number of aromatic nitrogens is 4. The largest absolute Gasteiger partial charge is 0.344 e. The van der Waals surface area contributed by atoms with Gasteiger partial charge in [0, 0.05) is 24.8 Å². The Morgan fingerprint density at radius 1 is 1.06 bits per heavy atom.